The maximum atomic E-state index is 10.9. The first-order valence-electron chi connectivity index (χ1n) is 5.73. The maximum Gasteiger partial charge on any atom is 0.289 e. The van der Waals surface area contributed by atoms with E-state index in [-0.39, 0.29) is 11.3 Å². The van der Waals surface area contributed by atoms with Crippen molar-refractivity contribution in [1.29, 1.82) is 5.26 Å². The number of para-hydroxylation sites is 1. The predicted octanol–water partition coefficient (Wildman–Crippen LogP) is 4.17. The lowest BCUT2D eigenvalue weighted by atomic mass is 10.1. The van der Waals surface area contributed by atoms with Crippen LogP contribution in [0.3, 0.4) is 0 Å². The number of hydrogen-bond acceptors (Lipinski definition) is 4. The number of halogens is 1. The second-order valence-electron chi connectivity index (χ2n) is 4.16. The van der Waals surface area contributed by atoms with Gasteiger partial charge in [-0.3, -0.25) is 10.1 Å². The molecule has 20 heavy (non-hydrogen) atoms. The number of benzene rings is 2. The lowest BCUT2D eigenvalue weighted by Gasteiger charge is -2.11. The van der Waals surface area contributed by atoms with Crippen LogP contribution >= 0.6 is 11.6 Å². The van der Waals surface area contributed by atoms with Crippen LogP contribution in [0.25, 0.3) is 0 Å². The molecule has 0 radical (unpaired) electrons. The van der Waals surface area contributed by atoms with E-state index in [0.717, 1.165) is 5.56 Å². The SMILES string of the molecule is Cc1cccc(Cl)c1Nc1ccc(C#N)c([N+](=O)[O-])c1. The van der Waals surface area contributed by atoms with E-state index >= 15 is 0 Å². The van der Waals surface area contributed by atoms with Crippen molar-refractivity contribution in [2.24, 2.45) is 0 Å². The zero-order valence-corrected chi connectivity index (χ0v) is 11.3. The first-order valence-corrected chi connectivity index (χ1v) is 6.11. The van der Waals surface area contributed by atoms with Crippen molar-refractivity contribution in [3.8, 4) is 6.07 Å². The molecule has 6 heteroatoms. The molecule has 0 fully saturated rings. The third kappa shape index (κ3) is 2.71. The van der Waals surface area contributed by atoms with Crippen molar-refractivity contribution < 1.29 is 4.92 Å². The molecule has 0 saturated heterocycles. The van der Waals surface area contributed by atoms with Crippen molar-refractivity contribution in [2.75, 3.05) is 5.32 Å². The molecule has 1 N–H and O–H groups in total. The van der Waals surface area contributed by atoms with Crippen LogP contribution in [-0.4, -0.2) is 4.92 Å². The minimum atomic E-state index is -0.580. The van der Waals surface area contributed by atoms with Gasteiger partial charge in [-0.2, -0.15) is 5.26 Å². The van der Waals surface area contributed by atoms with E-state index in [1.807, 2.05) is 19.1 Å². The summed E-state index contributed by atoms with van der Waals surface area (Å²) < 4.78 is 0. The Balaban J connectivity index is 2.43. The number of aryl methyl sites for hydroxylation is 1. The summed E-state index contributed by atoms with van der Waals surface area (Å²) in [6.07, 6.45) is 0. The van der Waals surface area contributed by atoms with Crippen LogP contribution < -0.4 is 5.32 Å². The number of nitro groups is 1. The van der Waals surface area contributed by atoms with Gasteiger partial charge in [-0.1, -0.05) is 23.7 Å². The van der Waals surface area contributed by atoms with Crippen molar-refractivity contribution in [2.45, 2.75) is 6.92 Å². The van der Waals surface area contributed by atoms with Crippen molar-refractivity contribution in [3.05, 3.63) is 62.7 Å². The Labute approximate surface area is 120 Å². The molecule has 0 spiro atoms. The fraction of sp³-hybridized carbons (Fsp3) is 0.0714. The molecule has 0 heterocycles. The van der Waals surface area contributed by atoms with Gasteiger partial charge < -0.3 is 5.32 Å². The average molecular weight is 288 g/mol. The molecule has 2 rings (SSSR count). The van der Waals surface area contributed by atoms with Gasteiger partial charge in [0.25, 0.3) is 5.69 Å². The van der Waals surface area contributed by atoms with Gasteiger partial charge in [0.05, 0.1) is 15.6 Å². The lowest BCUT2D eigenvalue weighted by molar-refractivity contribution is -0.385. The molecule has 0 unspecified atom stereocenters. The maximum absolute atomic E-state index is 10.9. The second-order valence-corrected chi connectivity index (χ2v) is 4.56. The molecule has 2 aromatic carbocycles. The highest BCUT2D eigenvalue weighted by molar-refractivity contribution is 6.33. The molecule has 0 bridgehead atoms. The Bertz CT molecular complexity index is 703. The topological polar surface area (TPSA) is 79.0 Å². The van der Waals surface area contributed by atoms with Crippen LogP contribution in [0.2, 0.25) is 5.02 Å². The molecule has 0 aliphatic carbocycles. The number of rotatable bonds is 3. The molecule has 0 aromatic heterocycles. The fourth-order valence-electron chi connectivity index (χ4n) is 1.79. The molecule has 0 amide bonds. The van der Waals surface area contributed by atoms with Gasteiger partial charge in [-0.05, 0) is 30.7 Å². The van der Waals surface area contributed by atoms with Gasteiger partial charge in [-0.15, -0.1) is 0 Å². The number of nitrogens with zero attached hydrogens (tertiary/aromatic N) is 2. The normalized spacial score (nSPS) is 9.85. The average Bonchev–Trinajstić information content (AvgIpc) is 2.43. The standard InChI is InChI=1S/C14H10ClN3O2/c1-9-3-2-4-12(15)14(9)17-11-6-5-10(8-16)13(7-11)18(19)20/h2-7,17H,1H3. The summed E-state index contributed by atoms with van der Waals surface area (Å²) in [6.45, 7) is 1.88. The van der Waals surface area contributed by atoms with E-state index < -0.39 is 4.92 Å². The molecule has 0 aliphatic rings. The Morgan fingerprint density at radius 3 is 2.70 bits per heavy atom. The van der Waals surface area contributed by atoms with Crippen molar-refractivity contribution in [1.82, 2.24) is 0 Å². The fourth-order valence-corrected chi connectivity index (χ4v) is 2.06. The van der Waals surface area contributed by atoms with E-state index in [1.165, 1.54) is 12.1 Å². The van der Waals surface area contributed by atoms with E-state index in [9.17, 15) is 10.1 Å². The Kier molecular flexibility index (Phi) is 3.87. The highest BCUT2D eigenvalue weighted by atomic mass is 35.5. The summed E-state index contributed by atoms with van der Waals surface area (Å²) in [5.41, 5.74) is 1.91. The number of nitro benzene ring substituents is 1. The molecule has 0 aliphatic heterocycles. The first-order chi connectivity index (χ1) is 9.52. The minimum Gasteiger partial charge on any atom is -0.354 e. The molecular formula is C14H10ClN3O2. The van der Waals surface area contributed by atoms with Crippen LogP contribution in [-0.2, 0) is 0 Å². The van der Waals surface area contributed by atoms with Gasteiger partial charge in [0.15, 0.2) is 0 Å². The van der Waals surface area contributed by atoms with Crippen LogP contribution in [0.1, 0.15) is 11.1 Å². The number of hydrogen-bond donors (Lipinski definition) is 1. The van der Waals surface area contributed by atoms with E-state index in [0.29, 0.717) is 16.4 Å². The highest BCUT2D eigenvalue weighted by Gasteiger charge is 2.15. The van der Waals surface area contributed by atoms with Gasteiger partial charge >= 0.3 is 0 Å². The van der Waals surface area contributed by atoms with Crippen LogP contribution in [0.4, 0.5) is 17.1 Å². The summed E-state index contributed by atoms with van der Waals surface area (Å²) in [5, 5.41) is 23.3. The summed E-state index contributed by atoms with van der Waals surface area (Å²) in [7, 11) is 0. The highest BCUT2D eigenvalue weighted by Crippen LogP contribution is 2.30. The summed E-state index contributed by atoms with van der Waals surface area (Å²) >= 11 is 6.09. The molecule has 100 valence electrons. The summed E-state index contributed by atoms with van der Waals surface area (Å²) in [4.78, 5) is 10.3. The van der Waals surface area contributed by atoms with Gasteiger partial charge in [0.2, 0.25) is 0 Å². The van der Waals surface area contributed by atoms with Crippen LogP contribution in [0.15, 0.2) is 36.4 Å². The zero-order chi connectivity index (χ0) is 14.7. The Morgan fingerprint density at radius 1 is 1.35 bits per heavy atom. The van der Waals surface area contributed by atoms with Gasteiger partial charge in [-0.25, -0.2) is 0 Å². The van der Waals surface area contributed by atoms with E-state index in [1.54, 1.807) is 18.2 Å². The van der Waals surface area contributed by atoms with Crippen molar-refractivity contribution in [3.63, 3.8) is 0 Å². The lowest BCUT2D eigenvalue weighted by Crippen LogP contribution is -1.97. The van der Waals surface area contributed by atoms with E-state index in [2.05, 4.69) is 5.32 Å². The zero-order valence-electron chi connectivity index (χ0n) is 10.6. The smallest absolute Gasteiger partial charge is 0.289 e. The minimum absolute atomic E-state index is 0.0245. The first kappa shape index (κ1) is 13.8. The molecule has 0 saturated carbocycles. The Hall–Kier alpha value is -2.58. The number of anilines is 2. The molecule has 0 atom stereocenters. The third-order valence-electron chi connectivity index (χ3n) is 2.81. The summed E-state index contributed by atoms with van der Waals surface area (Å²) in [6, 6.07) is 11.6. The number of nitriles is 1. The second kappa shape index (κ2) is 5.59. The quantitative estimate of drug-likeness (QED) is 0.678. The van der Waals surface area contributed by atoms with Gasteiger partial charge in [0, 0.05) is 11.8 Å². The van der Waals surface area contributed by atoms with Crippen molar-refractivity contribution >= 4 is 28.7 Å². The third-order valence-corrected chi connectivity index (χ3v) is 3.12. The summed E-state index contributed by atoms with van der Waals surface area (Å²) in [5.74, 6) is 0. The van der Waals surface area contributed by atoms with E-state index in [4.69, 9.17) is 16.9 Å². The van der Waals surface area contributed by atoms with Crippen LogP contribution in [0.5, 0.6) is 0 Å². The monoisotopic (exact) mass is 287 g/mol. The molecule has 5 nitrogen and oxygen atoms in total. The Morgan fingerprint density at radius 2 is 2.10 bits per heavy atom. The largest absolute Gasteiger partial charge is 0.354 e. The van der Waals surface area contributed by atoms with Gasteiger partial charge in [0.1, 0.15) is 11.6 Å². The van der Waals surface area contributed by atoms with Crippen LogP contribution in [0, 0.1) is 28.4 Å². The number of nitrogens with one attached hydrogen (secondary N) is 1. The molecule has 2 aromatic rings. The molecular weight excluding hydrogens is 278 g/mol. The predicted molar refractivity (Wildman–Crippen MR) is 77.3 cm³/mol.